The average Bonchev–Trinajstić information content (AvgIpc) is 2.27. The van der Waals surface area contributed by atoms with Gasteiger partial charge in [-0.15, -0.1) is 3.77 Å². The minimum Gasteiger partial charge on any atom is -0.199 e. The molecule has 0 heterocycles. The Hall–Kier alpha value is -0.680. The molecule has 2 atom stereocenters. The Morgan fingerprint density at radius 1 is 1.29 bits per heavy atom. The predicted molar refractivity (Wildman–Crippen MR) is 73.8 cm³/mol. The largest absolute Gasteiger partial charge is 0.287 e. The minimum absolute atomic E-state index is 0.283. The second-order valence-corrected chi connectivity index (χ2v) is 7.98. The Kier molecular flexibility index (Phi) is 4.89. The van der Waals surface area contributed by atoms with Gasteiger partial charge in [0.15, 0.2) is 0 Å². The van der Waals surface area contributed by atoms with E-state index in [0.717, 1.165) is 12.0 Å². The van der Waals surface area contributed by atoms with Gasteiger partial charge in [-0.05, 0) is 31.7 Å². The third-order valence-electron chi connectivity index (χ3n) is 2.69. The SMILES string of the molecule is CC[C@H](C)[S@@](C)=NS(=O)(=O)c1ccc(C)cc1. The van der Waals surface area contributed by atoms with E-state index in [0.29, 0.717) is 5.25 Å². The molecular formula is C12H19NO2S2. The van der Waals surface area contributed by atoms with Gasteiger partial charge in [0.2, 0.25) is 0 Å². The van der Waals surface area contributed by atoms with Crippen LogP contribution >= 0.6 is 0 Å². The van der Waals surface area contributed by atoms with Gasteiger partial charge in [0.1, 0.15) is 0 Å². The van der Waals surface area contributed by atoms with Crippen molar-refractivity contribution in [3.8, 4) is 0 Å². The zero-order valence-corrected chi connectivity index (χ0v) is 12.3. The van der Waals surface area contributed by atoms with Crippen molar-refractivity contribution >= 4 is 20.7 Å². The fourth-order valence-corrected chi connectivity index (χ4v) is 4.36. The van der Waals surface area contributed by atoms with Gasteiger partial charge in [0.25, 0.3) is 10.0 Å². The highest BCUT2D eigenvalue weighted by molar-refractivity contribution is 8.00. The summed E-state index contributed by atoms with van der Waals surface area (Å²) >= 11 is 0. The molecule has 96 valence electrons. The summed E-state index contributed by atoms with van der Waals surface area (Å²) in [6.45, 7) is 6.00. The van der Waals surface area contributed by atoms with Gasteiger partial charge in [0, 0.05) is 5.25 Å². The monoisotopic (exact) mass is 273 g/mol. The van der Waals surface area contributed by atoms with Crippen LogP contribution in [0.15, 0.2) is 32.9 Å². The third kappa shape index (κ3) is 3.92. The first-order chi connectivity index (χ1) is 7.86. The second-order valence-electron chi connectivity index (χ2n) is 4.11. The van der Waals surface area contributed by atoms with Crippen molar-refractivity contribution in [2.75, 3.05) is 6.26 Å². The third-order valence-corrected chi connectivity index (χ3v) is 6.78. The van der Waals surface area contributed by atoms with Crippen LogP contribution < -0.4 is 0 Å². The molecule has 0 aliphatic carbocycles. The molecule has 1 aromatic rings. The van der Waals surface area contributed by atoms with Crippen LogP contribution in [0.1, 0.15) is 25.8 Å². The fourth-order valence-electron chi connectivity index (χ4n) is 1.22. The smallest absolute Gasteiger partial charge is 0.199 e. The van der Waals surface area contributed by atoms with E-state index in [1.165, 1.54) is 0 Å². The van der Waals surface area contributed by atoms with E-state index < -0.39 is 20.7 Å². The molecule has 0 saturated carbocycles. The molecule has 0 unspecified atom stereocenters. The Labute approximate surface area is 106 Å². The highest BCUT2D eigenvalue weighted by Gasteiger charge is 2.14. The van der Waals surface area contributed by atoms with Crippen molar-refractivity contribution in [2.24, 2.45) is 3.77 Å². The van der Waals surface area contributed by atoms with Crippen LogP contribution in [0.25, 0.3) is 0 Å². The van der Waals surface area contributed by atoms with Crippen molar-refractivity contribution in [2.45, 2.75) is 37.3 Å². The minimum atomic E-state index is -3.49. The number of benzene rings is 1. The van der Waals surface area contributed by atoms with Crippen LogP contribution in [0, 0.1) is 6.92 Å². The summed E-state index contributed by atoms with van der Waals surface area (Å²) in [7, 11) is -3.95. The lowest BCUT2D eigenvalue weighted by Crippen LogP contribution is -2.09. The standard InChI is InChI=1S/C12H19NO2S2/c1-5-11(3)16(4)13-17(14,15)12-8-6-10(2)7-9-12/h6-9,11H,5H2,1-4H3/t11-,16+/m0/s1. The van der Waals surface area contributed by atoms with Gasteiger partial charge in [-0.2, -0.15) is 8.42 Å². The molecular weight excluding hydrogens is 254 g/mol. The summed E-state index contributed by atoms with van der Waals surface area (Å²) in [6.07, 6.45) is 2.81. The zero-order chi connectivity index (χ0) is 13.1. The first-order valence-electron chi connectivity index (χ1n) is 5.56. The maximum atomic E-state index is 12.0. The summed E-state index contributed by atoms with van der Waals surface area (Å²) in [5.41, 5.74) is 1.04. The van der Waals surface area contributed by atoms with E-state index in [1.54, 1.807) is 24.3 Å². The Morgan fingerprint density at radius 3 is 2.29 bits per heavy atom. The molecule has 0 N–H and O–H groups in total. The van der Waals surface area contributed by atoms with Crippen LogP contribution in [0.5, 0.6) is 0 Å². The molecule has 17 heavy (non-hydrogen) atoms. The summed E-state index contributed by atoms with van der Waals surface area (Å²) < 4.78 is 28.0. The molecule has 0 radical (unpaired) electrons. The van der Waals surface area contributed by atoms with Crippen LogP contribution in [0.2, 0.25) is 0 Å². The van der Waals surface area contributed by atoms with E-state index in [9.17, 15) is 8.42 Å². The quantitative estimate of drug-likeness (QED) is 0.846. The number of hydrogen-bond acceptors (Lipinski definition) is 2. The van der Waals surface area contributed by atoms with Crippen LogP contribution in [0.3, 0.4) is 0 Å². The van der Waals surface area contributed by atoms with Crippen LogP contribution in [-0.4, -0.2) is 19.9 Å². The fraction of sp³-hybridized carbons (Fsp3) is 0.500. The second kappa shape index (κ2) is 5.78. The first-order valence-corrected chi connectivity index (χ1v) is 8.65. The van der Waals surface area contributed by atoms with Crippen LogP contribution in [-0.2, 0) is 20.7 Å². The Balaban J connectivity index is 3.08. The average molecular weight is 273 g/mol. The van der Waals surface area contributed by atoms with Crippen molar-refractivity contribution < 1.29 is 8.42 Å². The number of rotatable bonds is 4. The Morgan fingerprint density at radius 2 is 1.82 bits per heavy atom. The van der Waals surface area contributed by atoms with Crippen molar-refractivity contribution in [3.05, 3.63) is 29.8 Å². The lowest BCUT2D eigenvalue weighted by Gasteiger charge is -2.09. The van der Waals surface area contributed by atoms with E-state index in [4.69, 9.17) is 0 Å². The number of aryl methyl sites for hydroxylation is 1. The molecule has 0 fully saturated rings. The number of nitrogens with zero attached hydrogens (tertiary/aromatic N) is 1. The normalized spacial score (nSPS) is 15.8. The summed E-state index contributed by atoms with van der Waals surface area (Å²) in [5.74, 6) is 0. The molecule has 5 heteroatoms. The molecule has 1 aromatic carbocycles. The highest BCUT2D eigenvalue weighted by atomic mass is 32.3. The topological polar surface area (TPSA) is 46.5 Å². The number of hydrogen-bond donors (Lipinski definition) is 0. The van der Waals surface area contributed by atoms with E-state index in [2.05, 4.69) is 3.77 Å². The van der Waals surface area contributed by atoms with Gasteiger partial charge in [0.05, 0.1) is 4.90 Å². The van der Waals surface area contributed by atoms with E-state index in [1.807, 2.05) is 27.0 Å². The Bertz CT molecular complexity index is 504. The molecule has 0 aromatic heterocycles. The van der Waals surface area contributed by atoms with Crippen molar-refractivity contribution in [3.63, 3.8) is 0 Å². The van der Waals surface area contributed by atoms with E-state index >= 15 is 0 Å². The lowest BCUT2D eigenvalue weighted by atomic mass is 10.2. The van der Waals surface area contributed by atoms with Crippen LogP contribution in [0.4, 0.5) is 0 Å². The molecule has 0 saturated heterocycles. The highest BCUT2D eigenvalue weighted by Crippen LogP contribution is 2.15. The molecule has 0 amide bonds. The summed E-state index contributed by atoms with van der Waals surface area (Å²) in [6, 6.07) is 6.81. The maximum absolute atomic E-state index is 12.0. The van der Waals surface area contributed by atoms with E-state index in [-0.39, 0.29) is 4.90 Å². The molecule has 0 spiro atoms. The van der Waals surface area contributed by atoms with Gasteiger partial charge < -0.3 is 0 Å². The van der Waals surface area contributed by atoms with Crippen molar-refractivity contribution in [1.29, 1.82) is 0 Å². The van der Waals surface area contributed by atoms with Gasteiger partial charge >= 0.3 is 0 Å². The predicted octanol–water partition coefficient (Wildman–Crippen LogP) is 2.91. The van der Waals surface area contributed by atoms with Crippen molar-refractivity contribution in [1.82, 2.24) is 0 Å². The molecule has 1 rings (SSSR count). The first kappa shape index (κ1) is 14.4. The summed E-state index contributed by atoms with van der Waals surface area (Å²) in [5, 5.41) is 0.301. The molecule has 0 bridgehead atoms. The summed E-state index contributed by atoms with van der Waals surface area (Å²) in [4.78, 5) is 0.283. The molecule has 0 aliphatic rings. The van der Waals surface area contributed by atoms with Gasteiger partial charge in [-0.25, -0.2) is 0 Å². The molecule has 0 aliphatic heterocycles. The maximum Gasteiger partial charge on any atom is 0.287 e. The zero-order valence-electron chi connectivity index (χ0n) is 10.7. The van der Waals surface area contributed by atoms with Gasteiger partial charge in [-0.1, -0.05) is 42.2 Å². The van der Waals surface area contributed by atoms with Gasteiger partial charge in [-0.3, -0.25) is 0 Å². The lowest BCUT2D eigenvalue weighted by molar-refractivity contribution is 0.598. The number of sulfonamides is 1. The molecule has 3 nitrogen and oxygen atoms in total.